The lowest BCUT2D eigenvalue weighted by Crippen LogP contribution is -2.15. The molecule has 11 aromatic rings. The lowest BCUT2D eigenvalue weighted by molar-refractivity contribution is 0.660. The number of rotatable bonds is 4. The molecule has 0 saturated carbocycles. The first-order valence-electron chi connectivity index (χ1n) is 20.1. The summed E-state index contributed by atoms with van der Waals surface area (Å²) in [5, 5.41) is 7.22. The summed E-state index contributed by atoms with van der Waals surface area (Å²) in [6, 6.07) is 64.8. The first kappa shape index (κ1) is 32.8. The standard InChI is InChI=1S/C55H37N3/c1-55(2)49-32-39(22-25-42(49)43-27-24-40(33-50(43)55)58-51-16-7-5-13-44(51)45-14-6-8-17-52(45)58)35-20-18-34(19-21-35)36-10-9-11-37(30-36)38-23-26-47-48(31-38)41-12-3-4-15-46(41)53-54(47)57-29-28-56-53/h3-33H,1-2H3. The zero-order valence-corrected chi connectivity index (χ0v) is 32.2. The van der Waals surface area contributed by atoms with Crippen LogP contribution >= 0.6 is 0 Å². The molecule has 0 amide bonds. The molecule has 272 valence electrons. The number of benzene rings is 9. The van der Waals surface area contributed by atoms with Gasteiger partial charge in [0.05, 0.1) is 22.1 Å². The van der Waals surface area contributed by atoms with Crippen LogP contribution in [0.4, 0.5) is 0 Å². The van der Waals surface area contributed by atoms with Gasteiger partial charge in [-0.15, -0.1) is 0 Å². The lowest BCUT2D eigenvalue weighted by atomic mass is 9.81. The second-order valence-electron chi connectivity index (χ2n) is 16.2. The molecule has 0 atom stereocenters. The zero-order chi connectivity index (χ0) is 38.5. The van der Waals surface area contributed by atoms with Gasteiger partial charge >= 0.3 is 0 Å². The molecule has 0 fully saturated rings. The average Bonchev–Trinajstić information content (AvgIpc) is 3.74. The molecule has 0 bridgehead atoms. The van der Waals surface area contributed by atoms with Crippen LogP contribution in [-0.2, 0) is 5.41 Å². The van der Waals surface area contributed by atoms with Crippen molar-refractivity contribution in [3.63, 3.8) is 0 Å². The second-order valence-corrected chi connectivity index (χ2v) is 16.2. The fraction of sp³-hybridized carbons (Fsp3) is 0.0545. The Bertz CT molecular complexity index is 3390. The number of hydrogen-bond acceptors (Lipinski definition) is 2. The van der Waals surface area contributed by atoms with Gasteiger partial charge in [0.15, 0.2) is 0 Å². The molecular weight excluding hydrogens is 703 g/mol. The maximum Gasteiger partial charge on any atom is 0.0971 e. The summed E-state index contributed by atoms with van der Waals surface area (Å²) in [6.07, 6.45) is 3.56. The van der Waals surface area contributed by atoms with Gasteiger partial charge in [0.2, 0.25) is 0 Å². The van der Waals surface area contributed by atoms with E-state index in [1.54, 1.807) is 12.4 Å². The average molecular weight is 740 g/mol. The van der Waals surface area contributed by atoms with Crippen LogP contribution in [0.15, 0.2) is 188 Å². The Morgan fingerprint density at radius 1 is 0.362 bits per heavy atom. The van der Waals surface area contributed by atoms with E-state index in [4.69, 9.17) is 9.97 Å². The van der Waals surface area contributed by atoms with Crippen molar-refractivity contribution in [3.8, 4) is 50.2 Å². The Balaban J connectivity index is 0.869. The Morgan fingerprint density at radius 3 is 1.52 bits per heavy atom. The summed E-state index contributed by atoms with van der Waals surface area (Å²) in [4.78, 5) is 9.45. The van der Waals surface area contributed by atoms with E-state index < -0.39 is 0 Å². The van der Waals surface area contributed by atoms with Crippen LogP contribution < -0.4 is 0 Å². The Morgan fingerprint density at radius 2 is 0.845 bits per heavy atom. The van der Waals surface area contributed by atoms with Crippen molar-refractivity contribution >= 4 is 54.4 Å². The maximum atomic E-state index is 4.74. The highest BCUT2D eigenvalue weighted by molar-refractivity contribution is 6.23. The first-order valence-corrected chi connectivity index (χ1v) is 20.1. The lowest BCUT2D eigenvalue weighted by Gasteiger charge is -2.23. The summed E-state index contributed by atoms with van der Waals surface area (Å²) < 4.78 is 2.42. The fourth-order valence-electron chi connectivity index (χ4n) is 9.79. The molecule has 3 heteroatoms. The van der Waals surface area contributed by atoms with Gasteiger partial charge in [-0.1, -0.05) is 147 Å². The number of hydrogen-bond donors (Lipinski definition) is 0. The molecule has 0 saturated heterocycles. The molecule has 12 rings (SSSR count). The minimum Gasteiger partial charge on any atom is -0.309 e. The fourth-order valence-corrected chi connectivity index (χ4v) is 9.79. The minimum atomic E-state index is -0.147. The van der Waals surface area contributed by atoms with E-state index in [-0.39, 0.29) is 5.41 Å². The minimum absolute atomic E-state index is 0.147. The first-order chi connectivity index (χ1) is 28.5. The molecular formula is C55H37N3. The molecule has 58 heavy (non-hydrogen) atoms. The predicted molar refractivity (Wildman–Crippen MR) is 243 cm³/mol. The van der Waals surface area contributed by atoms with Gasteiger partial charge in [-0.2, -0.15) is 0 Å². The van der Waals surface area contributed by atoms with E-state index >= 15 is 0 Å². The van der Waals surface area contributed by atoms with Crippen molar-refractivity contribution < 1.29 is 0 Å². The van der Waals surface area contributed by atoms with Crippen molar-refractivity contribution in [1.29, 1.82) is 0 Å². The van der Waals surface area contributed by atoms with E-state index in [9.17, 15) is 0 Å². The summed E-state index contributed by atoms with van der Waals surface area (Å²) >= 11 is 0. The van der Waals surface area contributed by atoms with Gasteiger partial charge in [0, 0.05) is 45.0 Å². The van der Waals surface area contributed by atoms with Gasteiger partial charge in [0.25, 0.3) is 0 Å². The molecule has 3 nitrogen and oxygen atoms in total. The van der Waals surface area contributed by atoms with Crippen molar-refractivity contribution in [3.05, 3.63) is 199 Å². The number of para-hydroxylation sites is 2. The largest absolute Gasteiger partial charge is 0.309 e. The van der Waals surface area contributed by atoms with Gasteiger partial charge < -0.3 is 4.57 Å². The van der Waals surface area contributed by atoms with Crippen molar-refractivity contribution in [1.82, 2.24) is 14.5 Å². The third-order valence-corrected chi connectivity index (χ3v) is 12.7. The van der Waals surface area contributed by atoms with E-state index in [0.717, 1.165) is 21.8 Å². The molecule has 1 aliphatic rings. The molecule has 0 unspecified atom stereocenters. The smallest absolute Gasteiger partial charge is 0.0971 e. The van der Waals surface area contributed by atoms with E-state index in [2.05, 4.69) is 194 Å². The summed E-state index contributed by atoms with van der Waals surface area (Å²) in [6.45, 7) is 4.75. The van der Waals surface area contributed by atoms with Crippen LogP contribution in [0, 0.1) is 0 Å². The van der Waals surface area contributed by atoms with Crippen LogP contribution in [0.2, 0.25) is 0 Å². The highest BCUT2D eigenvalue weighted by Gasteiger charge is 2.36. The van der Waals surface area contributed by atoms with E-state index in [1.807, 2.05) is 0 Å². The predicted octanol–water partition coefficient (Wildman–Crippen LogP) is 14.3. The maximum absolute atomic E-state index is 4.74. The van der Waals surface area contributed by atoms with Crippen molar-refractivity contribution in [2.24, 2.45) is 0 Å². The molecule has 0 N–H and O–H groups in total. The van der Waals surface area contributed by atoms with Crippen LogP contribution in [0.3, 0.4) is 0 Å². The Hall–Kier alpha value is -7.36. The molecule has 2 aromatic heterocycles. The Labute approximate surface area is 336 Å². The normalized spacial score (nSPS) is 13.1. The number of nitrogens with zero attached hydrogens (tertiary/aromatic N) is 3. The molecule has 0 aliphatic heterocycles. The van der Waals surface area contributed by atoms with Crippen molar-refractivity contribution in [2.45, 2.75) is 19.3 Å². The molecule has 0 spiro atoms. The monoisotopic (exact) mass is 739 g/mol. The zero-order valence-electron chi connectivity index (χ0n) is 32.2. The SMILES string of the molecule is CC1(C)c2cc(-c3ccc(-c4cccc(-c5ccc6c(c5)c5ccccc5c5nccnc65)c4)cc3)ccc2-c2ccc(-n3c4ccccc4c4ccccc43)cc21. The highest BCUT2D eigenvalue weighted by atomic mass is 15.0. The summed E-state index contributed by atoms with van der Waals surface area (Å²) in [7, 11) is 0. The summed E-state index contributed by atoms with van der Waals surface area (Å²) in [5.41, 5.74) is 18.0. The summed E-state index contributed by atoms with van der Waals surface area (Å²) in [5.74, 6) is 0. The van der Waals surface area contributed by atoms with Gasteiger partial charge in [-0.05, 0) is 109 Å². The molecule has 9 aromatic carbocycles. The van der Waals surface area contributed by atoms with Crippen LogP contribution in [0.5, 0.6) is 0 Å². The topological polar surface area (TPSA) is 30.7 Å². The quantitative estimate of drug-likeness (QED) is 0.168. The second kappa shape index (κ2) is 12.3. The molecule has 1 aliphatic carbocycles. The third-order valence-electron chi connectivity index (χ3n) is 12.7. The van der Waals surface area contributed by atoms with Gasteiger partial charge in [-0.25, -0.2) is 0 Å². The van der Waals surface area contributed by atoms with Crippen molar-refractivity contribution in [2.75, 3.05) is 0 Å². The third kappa shape index (κ3) is 4.80. The van der Waals surface area contributed by atoms with Crippen LogP contribution in [0.1, 0.15) is 25.0 Å². The Kier molecular flexibility index (Phi) is 6.98. The molecule has 0 radical (unpaired) electrons. The number of fused-ring (bicyclic) bond motifs is 12. The van der Waals surface area contributed by atoms with Gasteiger partial charge in [0.1, 0.15) is 0 Å². The highest BCUT2D eigenvalue weighted by Crippen LogP contribution is 2.51. The van der Waals surface area contributed by atoms with Crippen LogP contribution in [0.25, 0.3) is 105 Å². The molecule has 2 heterocycles. The van der Waals surface area contributed by atoms with Gasteiger partial charge in [-0.3, -0.25) is 9.97 Å². The number of aromatic nitrogens is 3. The van der Waals surface area contributed by atoms with Crippen LogP contribution in [-0.4, -0.2) is 14.5 Å². The van der Waals surface area contributed by atoms with E-state index in [0.29, 0.717) is 0 Å². The van der Waals surface area contributed by atoms with E-state index in [1.165, 1.54) is 93.9 Å².